The Morgan fingerprint density at radius 3 is 2.73 bits per heavy atom. The second-order valence-corrected chi connectivity index (χ2v) is 4.00. The van der Waals surface area contributed by atoms with Gasteiger partial charge in [0.2, 0.25) is 0 Å². The molecule has 1 nitrogen and oxygen atoms in total. The van der Waals surface area contributed by atoms with Gasteiger partial charge in [0.1, 0.15) is 0 Å². The quantitative estimate of drug-likeness (QED) is 0.676. The van der Waals surface area contributed by atoms with Gasteiger partial charge in [0.15, 0.2) is 0 Å². The fourth-order valence-corrected chi connectivity index (χ4v) is 1.90. The lowest BCUT2D eigenvalue weighted by atomic mass is 9.93. The van der Waals surface area contributed by atoms with Crippen LogP contribution in [0.25, 0.3) is 0 Å². The van der Waals surface area contributed by atoms with Gasteiger partial charge in [-0.15, -0.1) is 11.3 Å². The van der Waals surface area contributed by atoms with Crippen molar-refractivity contribution >= 4 is 11.3 Å². The molecule has 0 bridgehead atoms. The monoisotopic (exact) mass is 169 g/mol. The minimum atomic E-state index is 0.674. The van der Waals surface area contributed by atoms with E-state index in [2.05, 4.69) is 25.8 Å². The maximum absolute atomic E-state index is 4.08. The van der Waals surface area contributed by atoms with Gasteiger partial charge in [-0.3, -0.25) is 4.98 Å². The molecule has 0 aliphatic carbocycles. The van der Waals surface area contributed by atoms with Crippen LogP contribution in [-0.4, -0.2) is 4.98 Å². The molecule has 0 aliphatic rings. The van der Waals surface area contributed by atoms with E-state index < -0.39 is 0 Å². The minimum Gasteiger partial charge on any atom is -0.253 e. The van der Waals surface area contributed by atoms with Crippen molar-refractivity contribution in [2.24, 2.45) is 5.92 Å². The summed E-state index contributed by atoms with van der Waals surface area (Å²) < 4.78 is 0. The molecule has 1 heterocycles. The Balaban J connectivity index is 2.62. The van der Waals surface area contributed by atoms with Crippen molar-refractivity contribution in [3.63, 3.8) is 0 Å². The molecule has 0 saturated carbocycles. The van der Waals surface area contributed by atoms with Crippen LogP contribution in [0.5, 0.6) is 0 Å². The average Bonchev–Trinajstić information content (AvgIpc) is 2.53. The van der Waals surface area contributed by atoms with Gasteiger partial charge >= 0.3 is 0 Å². The SMILES string of the molecule is CCC(C)C(C)c1cncs1. The molecule has 0 saturated heterocycles. The van der Waals surface area contributed by atoms with Gasteiger partial charge in [0.25, 0.3) is 0 Å². The van der Waals surface area contributed by atoms with Crippen molar-refractivity contribution in [1.29, 1.82) is 0 Å². The van der Waals surface area contributed by atoms with E-state index in [0.717, 1.165) is 5.92 Å². The fraction of sp³-hybridized carbons (Fsp3) is 0.667. The van der Waals surface area contributed by atoms with Crippen molar-refractivity contribution in [2.45, 2.75) is 33.1 Å². The van der Waals surface area contributed by atoms with Gasteiger partial charge in [0.05, 0.1) is 5.51 Å². The number of thiazole rings is 1. The zero-order valence-corrected chi connectivity index (χ0v) is 8.19. The smallest absolute Gasteiger partial charge is 0.0794 e. The summed E-state index contributed by atoms with van der Waals surface area (Å²) in [5.74, 6) is 1.45. The van der Waals surface area contributed by atoms with E-state index in [-0.39, 0.29) is 0 Å². The Morgan fingerprint density at radius 2 is 2.27 bits per heavy atom. The summed E-state index contributed by atoms with van der Waals surface area (Å²) in [5, 5.41) is 0. The molecule has 2 atom stereocenters. The van der Waals surface area contributed by atoms with Crippen molar-refractivity contribution in [1.82, 2.24) is 4.98 Å². The molecule has 0 radical (unpaired) electrons. The first-order valence-corrected chi connectivity index (χ1v) is 5.02. The maximum Gasteiger partial charge on any atom is 0.0794 e. The average molecular weight is 169 g/mol. The molecule has 0 N–H and O–H groups in total. The lowest BCUT2D eigenvalue weighted by Crippen LogP contribution is -2.02. The predicted octanol–water partition coefficient (Wildman–Crippen LogP) is 3.29. The topological polar surface area (TPSA) is 12.9 Å². The lowest BCUT2D eigenvalue weighted by Gasteiger charge is -2.15. The first kappa shape index (κ1) is 8.72. The Kier molecular flexibility index (Phi) is 3.06. The van der Waals surface area contributed by atoms with E-state index in [9.17, 15) is 0 Å². The molecule has 1 aromatic heterocycles. The molecule has 0 spiro atoms. The molecule has 0 aromatic carbocycles. The normalized spacial score (nSPS) is 16.3. The van der Waals surface area contributed by atoms with Gasteiger partial charge in [0, 0.05) is 11.1 Å². The summed E-state index contributed by atoms with van der Waals surface area (Å²) in [5.41, 5.74) is 1.91. The molecule has 1 rings (SSSR count). The summed E-state index contributed by atoms with van der Waals surface area (Å²) in [6.45, 7) is 6.81. The number of aromatic nitrogens is 1. The van der Waals surface area contributed by atoms with Gasteiger partial charge in [-0.1, -0.05) is 27.2 Å². The standard InChI is InChI=1S/C9H15NS/c1-4-7(2)8(3)9-5-10-6-11-9/h5-8H,4H2,1-3H3. The van der Waals surface area contributed by atoms with E-state index in [1.54, 1.807) is 11.3 Å². The Hall–Kier alpha value is -0.370. The molecule has 0 fully saturated rings. The van der Waals surface area contributed by atoms with Crippen LogP contribution in [0.1, 0.15) is 38.0 Å². The molecule has 2 heteroatoms. The van der Waals surface area contributed by atoms with Gasteiger partial charge in [-0.25, -0.2) is 0 Å². The molecular formula is C9H15NS. The number of hydrogen-bond donors (Lipinski definition) is 0. The first-order valence-electron chi connectivity index (χ1n) is 4.14. The molecule has 62 valence electrons. The van der Waals surface area contributed by atoms with Gasteiger partial charge in [-0.2, -0.15) is 0 Å². The number of nitrogens with zero attached hydrogens (tertiary/aromatic N) is 1. The third kappa shape index (κ3) is 2.03. The number of hydrogen-bond acceptors (Lipinski definition) is 2. The molecule has 2 unspecified atom stereocenters. The molecule has 0 amide bonds. The van der Waals surface area contributed by atoms with Crippen LogP contribution >= 0.6 is 11.3 Å². The summed E-state index contributed by atoms with van der Waals surface area (Å²) in [6, 6.07) is 0. The Morgan fingerprint density at radius 1 is 1.55 bits per heavy atom. The zero-order valence-electron chi connectivity index (χ0n) is 7.37. The highest BCUT2D eigenvalue weighted by Gasteiger charge is 2.13. The first-order chi connectivity index (χ1) is 5.25. The third-order valence-electron chi connectivity index (χ3n) is 2.40. The van der Waals surface area contributed by atoms with E-state index >= 15 is 0 Å². The van der Waals surface area contributed by atoms with Crippen molar-refractivity contribution in [2.75, 3.05) is 0 Å². The predicted molar refractivity (Wildman–Crippen MR) is 50.0 cm³/mol. The van der Waals surface area contributed by atoms with Crippen LogP contribution in [0.4, 0.5) is 0 Å². The maximum atomic E-state index is 4.08. The highest BCUT2D eigenvalue weighted by atomic mass is 32.1. The van der Waals surface area contributed by atoms with Gasteiger partial charge < -0.3 is 0 Å². The Labute approximate surface area is 72.5 Å². The second kappa shape index (κ2) is 3.86. The minimum absolute atomic E-state index is 0.674. The second-order valence-electron chi connectivity index (χ2n) is 3.08. The van der Waals surface area contributed by atoms with Crippen molar-refractivity contribution in [3.8, 4) is 0 Å². The summed E-state index contributed by atoms with van der Waals surface area (Å²) in [4.78, 5) is 5.49. The van der Waals surface area contributed by atoms with E-state index in [4.69, 9.17) is 0 Å². The highest BCUT2D eigenvalue weighted by Crippen LogP contribution is 2.28. The zero-order chi connectivity index (χ0) is 8.27. The lowest BCUT2D eigenvalue weighted by molar-refractivity contribution is 0.478. The molecule has 11 heavy (non-hydrogen) atoms. The van der Waals surface area contributed by atoms with Gasteiger partial charge in [-0.05, 0) is 11.8 Å². The van der Waals surface area contributed by atoms with E-state index in [1.807, 2.05) is 11.7 Å². The third-order valence-corrected chi connectivity index (χ3v) is 3.37. The van der Waals surface area contributed by atoms with E-state index in [0.29, 0.717) is 5.92 Å². The summed E-state index contributed by atoms with van der Waals surface area (Å²) in [7, 11) is 0. The molecular weight excluding hydrogens is 154 g/mol. The fourth-order valence-electron chi connectivity index (χ4n) is 1.08. The largest absolute Gasteiger partial charge is 0.253 e. The van der Waals surface area contributed by atoms with Crippen LogP contribution in [0.2, 0.25) is 0 Å². The van der Waals surface area contributed by atoms with Crippen LogP contribution in [0.15, 0.2) is 11.7 Å². The van der Waals surface area contributed by atoms with Crippen LogP contribution in [0.3, 0.4) is 0 Å². The van der Waals surface area contributed by atoms with Crippen LogP contribution in [-0.2, 0) is 0 Å². The molecule has 0 aliphatic heterocycles. The Bertz CT molecular complexity index is 193. The van der Waals surface area contributed by atoms with Crippen molar-refractivity contribution < 1.29 is 0 Å². The van der Waals surface area contributed by atoms with Crippen LogP contribution < -0.4 is 0 Å². The van der Waals surface area contributed by atoms with Crippen LogP contribution in [0, 0.1) is 5.92 Å². The van der Waals surface area contributed by atoms with Crippen molar-refractivity contribution in [3.05, 3.63) is 16.6 Å². The van der Waals surface area contributed by atoms with E-state index in [1.165, 1.54) is 11.3 Å². The molecule has 1 aromatic rings. The summed E-state index contributed by atoms with van der Waals surface area (Å²) in [6.07, 6.45) is 3.24. The summed E-state index contributed by atoms with van der Waals surface area (Å²) >= 11 is 1.76. The highest BCUT2D eigenvalue weighted by molar-refractivity contribution is 7.09. The number of rotatable bonds is 3.